The van der Waals surface area contributed by atoms with Crippen molar-refractivity contribution in [1.29, 1.82) is 0 Å². The lowest BCUT2D eigenvalue weighted by Crippen LogP contribution is -2.25. The number of benzene rings is 1. The summed E-state index contributed by atoms with van der Waals surface area (Å²) in [6.07, 6.45) is 1.55. The minimum absolute atomic E-state index is 0.213. The van der Waals surface area contributed by atoms with E-state index in [0.717, 1.165) is 24.3 Å². The van der Waals surface area contributed by atoms with Crippen LogP contribution < -0.4 is 10.0 Å². The predicted molar refractivity (Wildman–Crippen MR) is 89.4 cm³/mol. The highest BCUT2D eigenvalue weighted by atomic mass is 32.2. The van der Waals surface area contributed by atoms with Gasteiger partial charge in [-0.15, -0.1) is 0 Å². The Hall–Kier alpha value is -0.760. The van der Waals surface area contributed by atoms with Crippen LogP contribution in [0.4, 0.5) is 5.69 Å². The number of hydrogen-bond donors (Lipinski definition) is 3. The van der Waals surface area contributed by atoms with Crippen LogP contribution in [0.5, 0.6) is 0 Å². The first kappa shape index (κ1) is 18.3. The van der Waals surface area contributed by atoms with Gasteiger partial charge in [0, 0.05) is 25.4 Å². The van der Waals surface area contributed by atoms with Crippen molar-refractivity contribution < 1.29 is 13.5 Å². The third kappa shape index (κ3) is 6.69. The number of para-hydroxylation sites is 1. The second kappa shape index (κ2) is 10.0. The van der Waals surface area contributed by atoms with E-state index in [0.29, 0.717) is 23.7 Å². The highest BCUT2D eigenvalue weighted by Gasteiger charge is 2.16. The first-order valence-electron chi connectivity index (χ1n) is 7.13. The number of thioether (sulfide) groups is 1. The SMILES string of the molecule is CCCNS(=O)(=O)c1ccccc1NCCSCCCO. The second-order valence-electron chi connectivity index (χ2n) is 4.51. The molecule has 21 heavy (non-hydrogen) atoms. The lowest BCUT2D eigenvalue weighted by Gasteiger charge is -2.12. The van der Waals surface area contributed by atoms with E-state index >= 15 is 0 Å². The van der Waals surface area contributed by atoms with Gasteiger partial charge in [0.05, 0.1) is 5.69 Å². The summed E-state index contributed by atoms with van der Waals surface area (Å²) in [7, 11) is -3.46. The zero-order valence-electron chi connectivity index (χ0n) is 12.3. The van der Waals surface area contributed by atoms with Gasteiger partial charge >= 0.3 is 0 Å². The predicted octanol–water partition coefficient (Wildman–Crippen LogP) is 1.90. The second-order valence-corrected chi connectivity index (χ2v) is 7.47. The fourth-order valence-electron chi connectivity index (χ4n) is 1.69. The molecule has 0 saturated carbocycles. The first-order valence-corrected chi connectivity index (χ1v) is 9.76. The van der Waals surface area contributed by atoms with Gasteiger partial charge in [-0.2, -0.15) is 11.8 Å². The molecule has 0 atom stereocenters. The maximum atomic E-state index is 12.2. The van der Waals surface area contributed by atoms with E-state index in [-0.39, 0.29) is 6.61 Å². The zero-order chi connectivity index (χ0) is 15.6. The van der Waals surface area contributed by atoms with Crippen LogP contribution in [-0.2, 0) is 10.0 Å². The Morgan fingerprint density at radius 1 is 1.19 bits per heavy atom. The van der Waals surface area contributed by atoms with Crippen molar-refractivity contribution in [3.63, 3.8) is 0 Å². The third-order valence-corrected chi connectivity index (χ3v) is 5.32. The summed E-state index contributed by atoms with van der Waals surface area (Å²) in [5, 5.41) is 11.9. The Morgan fingerprint density at radius 3 is 2.67 bits per heavy atom. The van der Waals surface area contributed by atoms with Crippen LogP contribution in [0, 0.1) is 0 Å². The molecule has 3 N–H and O–H groups in total. The topological polar surface area (TPSA) is 78.4 Å². The molecule has 0 aliphatic rings. The molecule has 1 rings (SSSR count). The fraction of sp³-hybridized carbons (Fsp3) is 0.571. The summed E-state index contributed by atoms with van der Waals surface area (Å²) in [6, 6.07) is 6.93. The van der Waals surface area contributed by atoms with Crippen LogP contribution in [0.3, 0.4) is 0 Å². The van der Waals surface area contributed by atoms with Crippen molar-refractivity contribution in [2.24, 2.45) is 0 Å². The molecule has 0 spiro atoms. The van der Waals surface area contributed by atoms with Gasteiger partial charge in [-0.25, -0.2) is 13.1 Å². The van der Waals surface area contributed by atoms with E-state index in [9.17, 15) is 8.42 Å². The van der Waals surface area contributed by atoms with Gasteiger partial charge < -0.3 is 10.4 Å². The van der Waals surface area contributed by atoms with Crippen LogP contribution in [0.2, 0.25) is 0 Å². The summed E-state index contributed by atoms with van der Waals surface area (Å²) < 4.78 is 27.0. The molecule has 0 aromatic heterocycles. The molecule has 5 nitrogen and oxygen atoms in total. The Bertz CT molecular complexity index is 507. The molecule has 0 heterocycles. The quantitative estimate of drug-likeness (QED) is 0.540. The minimum atomic E-state index is -3.46. The van der Waals surface area contributed by atoms with Crippen LogP contribution in [0.1, 0.15) is 19.8 Å². The normalized spacial score (nSPS) is 11.5. The summed E-state index contributed by atoms with van der Waals surface area (Å²) in [4.78, 5) is 0.291. The number of aliphatic hydroxyl groups is 1. The molecule has 0 aliphatic heterocycles. The van der Waals surface area contributed by atoms with Crippen molar-refractivity contribution in [2.45, 2.75) is 24.7 Å². The number of rotatable bonds is 11. The van der Waals surface area contributed by atoms with Crippen molar-refractivity contribution >= 4 is 27.5 Å². The smallest absolute Gasteiger partial charge is 0.242 e. The van der Waals surface area contributed by atoms with E-state index < -0.39 is 10.0 Å². The van der Waals surface area contributed by atoms with Gasteiger partial charge in [0.2, 0.25) is 10.0 Å². The summed E-state index contributed by atoms with van der Waals surface area (Å²) in [6.45, 7) is 3.27. The maximum absolute atomic E-state index is 12.2. The average molecular weight is 332 g/mol. The van der Waals surface area contributed by atoms with Crippen LogP contribution in [-0.4, -0.2) is 44.7 Å². The van der Waals surface area contributed by atoms with Crippen molar-refractivity contribution in [1.82, 2.24) is 4.72 Å². The number of nitrogens with one attached hydrogen (secondary N) is 2. The number of anilines is 1. The molecule has 1 aromatic rings. The minimum Gasteiger partial charge on any atom is -0.396 e. The molecule has 0 radical (unpaired) electrons. The molecule has 0 fully saturated rings. The summed E-state index contributed by atoms with van der Waals surface area (Å²) >= 11 is 1.74. The van der Waals surface area contributed by atoms with Gasteiger partial charge in [-0.1, -0.05) is 19.1 Å². The molecule has 0 bridgehead atoms. The van der Waals surface area contributed by atoms with Crippen molar-refractivity contribution in [2.75, 3.05) is 36.5 Å². The van der Waals surface area contributed by atoms with E-state index in [1.165, 1.54) is 0 Å². The fourth-order valence-corrected chi connectivity index (χ4v) is 3.79. The van der Waals surface area contributed by atoms with E-state index in [1.807, 2.05) is 13.0 Å². The molecule has 120 valence electrons. The van der Waals surface area contributed by atoms with Gasteiger partial charge in [-0.3, -0.25) is 0 Å². The van der Waals surface area contributed by atoms with Crippen LogP contribution >= 0.6 is 11.8 Å². The van der Waals surface area contributed by atoms with E-state index in [1.54, 1.807) is 30.0 Å². The molecular weight excluding hydrogens is 308 g/mol. The van der Waals surface area contributed by atoms with Crippen LogP contribution in [0.15, 0.2) is 29.2 Å². The molecule has 0 aliphatic carbocycles. The zero-order valence-corrected chi connectivity index (χ0v) is 14.0. The third-order valence-electron chi connectivity index (χ3n) is 2.73. The Labute approximate surface area is 131 Å². The Kier molecular flexibility index (Phi) is 8.75. The van der Waals surface area contributed by atoms with Crippen molar-refractivity contribution in [3.8, 4) is 0 Å². The lowest BCUT2D eigenvalue weighted by atomic mass is 10.3. The molecule has 7 heteroatoms. The largest absolute Gasteiger partial charge is 0.396 e. The highest BCUT2D eigenvalue weighted by Crippen LogP contribution is 2.20. The summed E-state index contributed by atoms with van der Waals surface area (Å²) in [5.41, 5.74) is 0.629. The van der Waals surface area contributed by atoms with Gasteiger partial charge in [-0.05, 0) is 30.7 Å². The molecule has 0 amide bonds. The lowest BCUT2D eigenvalue weighted by molar-refractivity contribution is 0.296. The molecule has 0 saturated heterocycles. The van der Waals surface area contributed by atoms with Gasteiger partial charge in [0.25, 0.3) is 0 Å². The summed E-state index contributed by atoms with van der Waals surface area (Å²) in [5.74, 6) is 1.78. The Morgan fingerprint density at radius 2 is 1.95 bits per heavy atom. The number of sulfonamides is 1. The van der Waals surface area contributed by atoms with Crippen molar-refractivity contribution in [3.05, 3.63) is 24.3 Å². The van der Waals surface area contributed by atoms with Crippen LogP contribution in [0.25, 0.3) is 0 Å². The Balaban J connectivity index is 2.59. The van der Waals surface area contributed by atoms with Gasteiger partial charge in [0.1, 0.15) is 4.90 Å². The maximum Gasteiger partial charge on any atom is 0.242 e. The first-order chi connectivity index (χ1) is 10.1. The molecular formula is C14H24N2O3S2. The standard InChI is InChI=1S/C14H24N2O3S2/c1-2-8-16-21(18,19)14-7-4-3-6-13(14)15-9-12-20-11-5-10-17/h3-4,6-7,15-17H,2,5,8-12H2,1H3. The van der Waals surface area contributed by atoms with E-state index in [4.69, 9.17) is 5.11 Å². The number of aliphatic hydroxyl groups excluding tert-OH is 1. The monoisotopic (exact) mass is 332 g/mol. The average Bonchev–Trinajstić information content (AvgIpc) is 2.49. The molecule has 1 aromatic carbocycles. The molecule has 0 unspecified atom stereocenters. The highest BCUT2D eigenvalue weighted by molar-refractivity contribution is 7.99. The van der Waals surface area contributed by atoms with Gasteiger partial charge in [0.15, 0.2) is 0 Å². The van der Waals surface area contributed by atoms with E-state index in [2.05, 4.69) is 10.0 Å². The number of hydrogen-bond acceptors (Lipinski definition) is 5.